The van der Waals surface area contributed by atoms with Crippen LogP contribution in [0, 0.1) is 5.82 Å². The Hall–Kier alpha value is -2.76. The van der Waals surface area contributed by atoms with Crippen molar-refractivity contribution < 1.29 is 18.7 Å². The lowest BCUT2D eigenvalue weighted by atomic mass is 10.1. The molecule has 0 radical (unpaired) electrons. The Balaban J connectivity index is 2.32. The molecule has 0 spiro atoms. The summed E-state index contributed by atoms with van der Waals surface area (Å²) in [4.78, 5) is 12.2. The summed E-state index contributed by atoms with van der Waals surface area (Å²) < 4.78 is 23.8. The van der Waals surface area contributed by atoms with Gasteiger partial charge in [-0.1, -0.05) is 0 Å². The van der Waals surface area contributed by atoms with Crippen LogP contribution in [-0.4, -0.2) is 20.1 Å². The topological polar surface area (TPSA) is 73.6 Å². The van der Waals surface area contributed by atoms with Crippen molar-refractivity contribution in [3.63, 3.8) is 0 Å². The Morgan fingerprint density at radius 2 is 1.90 bits per heavy atom. The van der Waals surface area contributed by atoms with Crippen LogP contribution in [0.1, 0.15) is 10.4 Å². The van der Waals surface area contributed by atoms with Gasteiger partial charge in [-0.3, -0.25) is 4.79 Å². The van der Waals surface area contributed by atoms with E-state index in [1.165, 1.54) is 38.5 Å². The number of hydrogen-bond acceptors (Lipinski definition) is 4. The van der Waals surface area contributed by atoms with Crippen LogP contribution in [0.2, 0.25) is 0 Å². The van der Waals surface area contributed by atoms with Crippen LogP contribution < -0.4 is 20.5 Å². The number of amides is 1. The van der Waals surface area contributed by atoms with Gasteiger partial charge in [0.1, 0.15) is 17.3 Å². The summed E-state index contributed by atoms with van der Waals surface area (Å²) in [6, 6.07) is 8.73. The van der Waals surface area contributed by atoms with Crippen molar-refractivity contribution in [3.05, 3.63) is 47.8 Å². The standard InChI is InChI=1S/C15H15FN2O3/c1-20-10-4-5-12(16)13(8-10)18-15(19)11-7-9(17)3-6-14(11)21-2/h3-8H,17H2,1-2H3,(H,18,19). The zero-order chi connectivity index (χ0) is 15.4. The van der Waals surface area contributed by atoms with E-state index in [9.17, 15) is 9.18 Å². The molecule has 1 amide bonds. The van der Waals surface area contributed by atoms with Crippen molar-refractivity contribution in [2.24, 2.45) is 0 Å². The van der Waals surface area contributed by atoms with Gasteiger partial charge in [0, 0.05) is 11.8 Å². The molecule has 2 rings (SSSR count). The van der Waals surface area contributed by atoms with Gasteiger partial charge in [0.2, 0.25) is 0 Å². The van der Waals surface area contributed by atoms with Crippen LogP contribution in [0.4, 0.5) is 15.8 Å². The lowest BCUT2D eigenvalue weighted by molar-refractivity contribution is 0.102. The summed E-state index contributed by atoms with van der Waals surface area (Å²) >= 11 is 0. The number of ether oxygens (including phenoxy) is 2. The molecular weight excluding hydrogens is 275 g/mol. The summed E-state index contributed by atoms with van der Waals surface area (Å²) in [6.07, 6.45) is 0. The van der Waals surface area contributed by atoms with Gasteiger partial charge in [-0.05, 0) is 30.3 Å². The normalized spacial score (nSPS) is 10.0. The summed E-state index contributed by atoms with van der Waals surface area (Å²) in [5.74, 6) is -0.297. The van der Waals surface area contributed by atoms with Gasteiger partial charge in [-0.15, -0.1) is 0 Å². The van der Waals surface area contributed by atoms with E-state index < -0.39 is 11.7 Å². The molecule has 0 aliphatic carbocycles. The second-order valence-corrected chi connectivity index (χ2v) is 4.26. The van der Waals surface area contributed by atoms with Gasteiger partial charge in [-0.25, -0.2) is 4.39 Å². The second-order valence-electron chi connectivity index (χ2n) is 4.26. The number of halogens is 1. The molecule has 6 heteroatoms. The number of hydrogen-bond donors (Lipinski definition) is 2. The van der Waals surface area contributed by atoms with Crippen molar-refractivity contribution in [3.8, 4) is 11.5 Å². The molecule has 2 aromatic rings. The number of benzene rings is 2. The summed E-state index contributed by atoms with van der Waals surface area (Å²) in [7, 11) is 2.90. The highest BCUT2D eigenvalue weighted by molar-refractivity contribution is 6.06. The Morgan fingerprint density at radius 1 is 1.14 bits per heavy atom. The molecule has 0 saturated carbocycles. The Kier molecular flexibility index (Phi) is 4.27. The molecular formula is C15H15FN2O3. The number of nitrogens with one attached hydrogen (secondary N) is 1. The minimum absolute atomic E-state index is 0.0174. The van der Waals surface area contributed by atoms with Gasteiger partial charge < -0.3 is 20.5 Å². The molecule has 0 atom stereocenters. The molecule has 0 bridgehead atoms. The van der Waals surface area contributed by atoms with E-state index in [4.69, 9.17) is 15.2 Å². The SMILES string of the molecule is COc1ccc(F)c(NC(=O)c2cc(N)ccc2OC)c1. The highest BCUT2D eigenvalue weighted by Gasteiger charge is 2.15. The van der Waals surface area contributed by atoms with Crippen molar-refractivity contribution in [1.82, 2.24) is 0 Å². The van der Waals surface area contributed by atoms with Crippen molar-refractivity contribution >= 4 is 17.3 Å². The number of anilines is 2. The third kappa shape index (κ3) is 3.22. The van der Waals surface area contributed by atoms with Gasteiger partial charge >= 0.3 is 0 Å². The van der Waals surface area contributed by atoms with Crippen molar-refractivity contribution in [1.29, 1.82) is 0 Å². The average molecular weight is 290 g/mol. The van der Waals surface area contributed by atoms with Crippen LogP contribution >= 0.6 is 0 Å². The highest BCUT2D eigenvalue weighted by Crippen LogP contribution is 2.25. The number of carbonyl (C=O) groups excluding carboxylic acids is 1. The fourth-order valence-electron chi connectivity index (χ4n) is 1.82. The highest BCUT2D eigenvalue weighted by atomic mass is 19.1. The molecule has 21 heavy (non-hydrogen) atoms. The molecule has 110 valence electrons. The predicted molar refractivity (Wildman–Crippen MR) is 78.3 cm³/mol. The minimum atomic E-state index is -0.563. The maximum atomic E-state index is 13.7. The van der Waals surface area contributed by atoms with Crippen LogP contribution in [0.25, 0.3) is 0 Å². The van der Waals surface area contributed by atoms with Crippen LogP contribution in [0.5, 0.6) is 11.5 Å². The maximum absolute atomic E-state index is 13.7. The van der Waals surface area contributed by atoms with Gasteiger partial charge in [0.05, 0.1) is 25.5 Å². The van der Waals surface area contributed by atoms with E-state index in [1.807, 2.05) is 0 Å². The molecule has 0 aliphatic rings. The third-order valence-electron chi connectivity index (χ3n) is 2.89. The Bertz CT molecular complexity index is 674. The third-order valence-corrected chi connectivity index (χ3v) is 2.89. The molecule has 5 nitrogen and oxygen atoms in total. The number of carbonyl (C=O) groups is 1. The van der Waals surface area contributed by atoms with Crippen LogP contribution in [-0.2, 0) is 0 Å². The van der Waals surface area contributed by atoms with Crippen molar-refractivity contribution in [2.45, 2.75) is 0 Å². The predicted octanol–water partition coefficient (Wildman–Crippen LogP) is 2.68. The number of methoxy groups -OCH3 is 2. The quantitative estimate of drug-likeness (QED) is 0.849. The maximum Gasteiger partial charge on any atom is 0.259 e. The molecule has 0 fully saturated rings. The monoisotopic (exact) mass is 290 g/mol. The number of nitrogens with two attached hydrogens (primary N) is 1. The number of nitrogen functional groups attached to an aromatic ring is 1. The van der Waals surface area contributed by atoms with E-state index in [1.54, 1.807) is 12.1 Å². The smallest absolute Gasteiger partial charge is 0.259 e. The molecule has 0 heterocycles. The summed E-state index contributed by atoms with van der Waals surface area (Å²) in [6.45, 7) is 0. The molecule has 0 unspecified atom stereocenters. The molecule has 0 aromatic heterocycles. The Morgan fingerprint density at radius 3 is 2.57 bits per heavy atom. The zero-order valence-electron chi connectivity index (χ0n) is 11.6. The van der Waals surface area contributed by atoms with Gasteiger partial charge in [0.25, 0.3) is 5.91 Å². The molecule has 0 saturated heterocycles. The van der Waals surface area contributed by atoms with E-state index in [2.05, 4.69) is 5.32 Å². The fourth-order valence-corrected chi connectivity index (χ4v) is 1.82. The van der Waals surface area contributed by atoms with Gasteiger partial charge in [0.15, 0.2) is 0 Å². The fraction of sp³-hybridized carbons (Fsp3) is 0.133. The van der Waals surface area contributed by atoms with E-state index in [-0.39, 0.29) is 11.3 Å². The van der Waals surface area contributed by atoms with Crippen LogP contribution in [0.15, 0.2) is 36.4 Å². The first-order valence-corrected chi connectivity index (χ1v) is 6.13. The first kappa shape index (κ1) is 14.6. The molecule has 2 aromatic carbocycles. The zero-order valence-corrected chi connectivity index (χ0v) is 11.6. The largest absolute Gasteiger partial charge is 0.497 e. The van der Waals surface area contributed by atoms with E-state index in [0.29, 0.717) is 17.2 Å². The summed E-state index contributed by atoms with van der Waals surface area (Å²) in [5.41, 5.74) is 6.31. The van der Waals surface area contributed by atoms with Gasteiger partial charge in [-0.2, -0.15) is 0 Å². The molecule has 0 aliphatic heterocycles. The lowest BCUT2D eigenvalue weighted by Gasteiger charge is -2.11. The van der Waals surface area contributed by atoms with Crippen molar-refractivity contribution in [2.75, 3.05) is 25.3 Å². The van der Waals surface area contributed by atoms with E-state index in [0.717, 1.165) is 0 Å². The summed E-state index contributed by atoms with van der Waals surface area (Å²) in [5, 5.41) is 2.47. The molecule has 3 N–H and O–H groups in total. The first-order valence-electron chi connectivity index (χ1n) is 6.13. The second kappa shape index (κ2) is 6.13. The minimum Gasteiger partial charge on any atom is -0.497 e. The van der Waals surface area contributed by atoms with Crippen LogP contribution in [0.3, 0.4) is 0 Å². The lowest BCUT2D eigenvalue weighted by Crippen LogP contribution is -2.14. The first-order chi connectivity index (χ1) is 10.0. The number of rotatable bonds is 4. The Labute approximate surface area is 121 Å². The van der Waals surface area contributed by atoms with E-state index >= 15 is 0 Å². The average Bonchev–Trinajstić information content (AvgIpc) is 2.49.